The van der Waals surface area contributed by atoms with Crippen molar-refractivity contribution < 1.29 is 9.59 Å². The van der Waals surface area contributed by atoms with Gasteiger partial charge in [0.1, 0.15) is 6.04 Å². The van der Waals surface area contributed by atoms with Crippen LogP contribution in [0, 0.1) is 5.92 Å². The Morgan fingerprint density at radius 1 is 1.15 bits per heavy atom. The number of likely N-dealkylation sites (tertiary alicyclic amines) is 1. The van der Waals surface area contributed by atoms with E-state index in [1.165, 1.54) is 0 Å². The molecule has 1 heterocycles. The van der Waals surface area contributed by atoms with Gasteiger partial charge in [-0.05, 0) is 39.0 Å². The second-order valence-corrected chi connectivity index (χ2v) is 5.84. The van der Waals surface area contributed by atoms with Gasteiger partial charge in [0.05, 0.1) is 0 Å². The van der Waals surface area contributed by atoms with E-state index < -0.39 is 0 Å². The molecule has 5 heteroatoms. The zero-order chi connectivity index (χ0) is 15.1. The minimum absolute atomic E-state index is 0.0803. The van der Waals surface area contributed by atoms with E-state index in [1.807, 2.05) is 18.7 Å². The van der Waals surface area contributed by atoms with Crippen molar-refractivity contribution in [2.75, 3.05) is 26.2 Å². The molecule has 5 nitrogen and oxygen atoms in total. The van der Waals surface area contributed by atoms with Crippen molar-refractivity contribution in [2.45, 2.75) is 53.0 Å². The van der Waals surface area contributed by atoms with Crippen LogP contribution in [-0.4, -0.2) is 54.0 Å². The summed E-state index contributed by atoms with van der Waals surface area (Å²) in [4.78, 5) is 28.3. The normalized spacial score (nSPS) is 16.4. The standard InChI is InChI=1S/C15H29N3O2/c1-5-17(6-2)15(20)16-13(11-12(3)4)14(19)18-9-7-8-10-18/h12-13H,5-11H2,1-4H3,(H,16,20)/t13-/m1/s1. The molecule has 0 spiro atoms. The van der Waals surface area contributed by atoms with Gasteiger partial charge < -0.3 is 15.1 Å². The molecule has 1 rings (SSSR count). The van der Waals surface area contributed by atoms with Gasteiger partial charge in [0.2, 0.25) is 5.91 Å². The number of rotatable bonds is 6. The van der Waals surface area contributed by atoms with Crippen LogP contribution in [0.2, 0.25) is 0 Å². The van der Waals surface area contributed by atoms with Crippen molar-refractivity contribution in [3.05, 3.63) is 0 Å². The fourth-order valence-corrected chi connectivity index (χ4v) is 2.60. The van der Waals surface area contributed by atoms with Gasteiger partial charge in [-0.15, -0.1) is 0 Å². The molecule has 1 atom stereocenters. The highest BCUT2D eigenvalue weighted by Crippen LogP contribution is 2.13. The highest BCUT2D eigenvalue weighted by molar-refractivity contribution is 5.87. The molecule has 0 aromatic carbocycles. The summed E-state index contributed by atoms with van der Waals surface area (Å²) in [7, 11) is 0. The number of urea groups is 1. The van der Waals surface area contributed by atoms with E-state index >= 15 is 0 Å². The van der Waals surface area contributed by atoms with Crippen LogP contribution in [0.25, 0.3) is 0 Å². The van der Waals surface area contributed by atoms with Crippen LogP contribution in [0.5, 0.6) is 0 Å². The number of carbonyl (C=O) groups is 2. The Balaban J connectivity index is 2.67. The van der Waals surface area contributed by atoms with Gasteiger partial charge in [-0.3, -0.25) is 4.79 Å². The summed E-state index contributed by atoms with van der Waals surface area (Å²) in [5.41, 5.74) is 0. The molecule has 20 heavy (non-hydrogen) atoms. The summed E-state index contributed by atoms with van der Waals surface area (Å²) < 4.78 is 0. The zero-order valence-corrected chi connectivity index (χ0v) is 13.3. The predicted octanol–water partition coefficient (Wildman–Crippen LogP) is 2.07. The summed E-state index contributed by atoms with van der Waals surface area (Å²) in [6, 6.07) is -0.519. The Morgan fingerprint density at radius 2 is 1.70 bits per heavy atom. The first kappa shape index (κ1) is 16.8. The third kappa shape index (κ3) is 4.69. The van der Waals surface area contributed by atoms with Gasteiger partial charge in [-0.2, -0.15) is 0 Å². The Hall–Kier alpha value is -1.26. The first-order valence-electron chi connectivity index (χ1n) is 7.83. The molecular formula is C15H29N3O2. The highest BCUT2D eigenvalue weighted by Gasteiger charge is 2.29. The molecule has 0 aromatic rings. The second-order valence-electron chi connectivity index (χ2n) is 5.84. The first-order chi connectivity index (χ1) is 9.49. The lowest BCUT2D eigenvalue weighted by Crippen LogP contribution is -2.52. The van der Waals surface area contributed by atoms with E-state index in [1.54, 1.807) is 4.90 Å². The van der Waals surface area contributed by atoms with E-state index in [2.05, 4.69) is 19.2 Å². The number of carbonyl (C=O) groups excluding carboxylic acids is 2. The van der Waals surface area contributed by atoms with Crippen LogP contribution < -0.4 is 5.32 Å². The Labute approximate surface area is 122 Å². The van der Waals surface area contributed by atoms with Gasteiger partial charge in [-0.25, -0.2) is 4.79 Å². The van der Waals surface area contributed by atoms with Crippen molar-refractivity contribution in [1.82, 2.24) is 15.1 Å². The van der Waals surface area contributed by atoms with E-state index in [4.69, 9.17) is 0 Å². The second kappa shape index (κ2) is 8.12. The van der Waals surface area contributed by atoms with Crippen molar-refractivity contribution in [3.63, 3.8) is 0 Å². The molecule has 1 aliphatic heterocycles. The van der Waals surface area contributed by atoms with Crippen molar-refractivity contribution in [2.24, 2.45) is 5.92 Å². The van der Waals surface area contributed by atoms with Crippen LogP contribution in [0.1, 0.15) is 47.0 Å². The summed E-state index contributed by atoms with van der Waals surface area (Å²) in [6.45, 7) is 11.0. The fraction of sp³-hybridized carbons (Fsp3) is 0.867. The molecule has 116 valence electrons. The number of nitrogens with zero attached hydrogens (tertiary/aromatic N) is 2. The zero-order valence-electron chi connectivity index (χ0n) is 13.3. The van der Waals surface area contributed by atoms with E-state index in [9.17, 15) is 9.59 Å². The largest absolute Gasteiger partial charge is 0.341 e. The average molecular weight is 283 g/mol. The third-order valence-electron chi connectivity index (χ3n) is 3.77. The van der Waals surface area contributed by atoms with Gasteiger partial charge in [-0.1, -0.05) is 13.8 Å². The first-order valence-corrected chi connectivity index (χ1v) is 7.83. The molecule has 0 radical (unpaired) electrons. The number of amides is 3. The smallest absolute Gasteiger partial charge is 0.318 e. The SMILES string of the molecule is CCN(CC)C(=O)N[C@H](CC(C)C)C(=O)N1CCCC1. The Bertz CT molecular complexity index is 321. The molecule has 1 fully saturated rings. The Morgan fingerprint density at radius 3 is 2.15 bits per heavy atom. The van der Waals surface area contributed by atoms with Gasteiger partial charge in [0.15, 0.2) is 0 Å². The van der Waals surface area contributed by atoms with Crippen molar-refractivity contribution in [1.29, 1.82) is 0 Å². The lowest BCUT2D eigenvalue weighted by molar-refractivity contribution is -0.132. The van der Waals surface area contributed by atoms with Gasteiger partial charge in [0, 0.05) is 26.2 Å². The van der Waals surface area contributed by atoms with Gasteiger partial charge in [0.25, 0.3) is 0 Å². The number of hydrogen-bond acceptors (Lipinski definition) is 2. The fourth-order valence-electron chi connectivity index (χ4n) is 2.60. The predicted molar refractivity (Wildman–Crippen MR) is 80.5 cm³/mol. The van der Waals surface area contributed by atoms with E-state index in [0.29, 0.717) is 25.4 Å². The average Bonchev–Trinajstić information content (AvgIpc) is 2.91. The number of hydrogen-bond donors (Lipinski definition) is 1. The molecule has 0 bridgehead atoms. The number of nitrogens with one attached hydrogen (secondary N) is 1. The molecule has 1 aliphatic rings. The maximum atomic E-state index is 12.5. The Kier molecular flexibility index (Phi) is 6.82. The van der Waals surface area contributed by atoms with Crippen LogP contribution >= 0.6 is 0 Å². The molecule has 0 aromatic heterocycles. The molecule has 1 saturated heterocycles. The monoisotopic (exact) mass is 283 g/mol. The maximum absolute atomic E-state index is 12.5. The van der Waals surface area contributed by atoms with Crippen LogP contribution in [0.15, 0.2) is 0 Å². The lowest BCUT2D eigenvalue weighted by atomic mass is 10.0. The van der Waals surface area contributed by atoms with E-state index in [-0.39, 0.29) is 18.0 Å². The summed E-state index contributed by atoms with van der Waals surface area (Å²) in [6.07, 6.45) is 2.84. The topological polar surface area (TPSA) is 52.7 Å². The molecule has 1 N–H and O–H groups in total. The molecule has 3 amide bonds. The van der Waals surface area contributed by atoms with Crippen LogP contribution in [-0.2, 0) is 4.79 Å². The summed E-state index contributed by atoms with van der Waals surface area (Å²) in [5.74, 6) is 0.459. The minimum atomic E-state index is -0.388. The third-order valence-corrected chi connectivity index (χ3v) is 3.77. The molecule has 0 unspecified atom stereocenters. The minimum Gasteiger partial charge on any atom is -0.341 e. The quantitative estimate of drug-likeness (QED) is 0.811. The molecule has 0 aliphatic carbocycles. The van der Waals surface area contributed by atoms with Gasteiger partial charge >= 0.3 is 6.03 Å². The summed E-state index contributed by atoms with van der Waals surface area (Å²) >= 11 is 0. The van der Waals surface area contributed by atoms with E-state index in [0.717, 1.165) is 25.9 Å². The van der Waals surface area contributed by atoms with Crippen molar-refractivity contribution in [3.8, 4) is 0 Å². The maximum Gasteiger partial charge on any atom is 0.318 e. The van der Waals surface area contributed by atoms with Crippen LogP contribution in [0.3, 0.4) is 0 Å². The summed E-state index contributed by atoms with van der Waals surface area (Å²) in [5, 5.41) is 2.92. The lowest BCUT2D eigenvalue weighted by Gasteiger charge is -2.28. The van der Waals surface area contributed by atoms with Crippen LogP contribution in [0.4, 0.5) is 4.79 Å². The molecular weight excluding hydrogens is 254 g/mol. The molecule has 0 saturated carbocycles. The van der Waals surface area contributed by atoms with Crippen molar-refractivity contribution >= 4 is 11.9 Å². The highest BCUT2D eigenvalue weighted by atomic mass is 16.2.